The summed E-state index contributed by atoms with van der Waals surface area (Å²) < 4.78 is 32.2. The van der Waals surface area contributed by atoms with E-state index in [9.17, 15) is 13.2 Å². The quantitative estimate of drug-likeness (QED) is 0.832. The smallest absolute Gasteiger partial charge is 0.307 e. The summed E-state index contributed by atoms with van der Waals surface area (Å²) in [6.07, 6.45) is -0.386. The standard InChI is InChI=1S/C14H21NO5S/c1-14(2,3)9-15-21(18,19)12-6-5-11(20-4)7-10(12)8-13(16)17/h5-7,15H,8-9H2,1-4H3,(H,16,17). The lowest BCUT2D eigenvalue weighted by atomic mass is 9.98. The number of sulfonamides is 1. The Hall–Kier alpha value is -1.60. The summed E-state index contributed by atoms with van der Waals surface area (Å²) in [5.74, 6) is -0.684. The van der Waals surface area contributed by atoms with Gasteiger partial charge in [0.25, 0.3) is 0 Å². The van der Waals surface area contributed by atoms with Crippen LogP contribution in [0.4, 0.5) is 0 Å². The van der Waals surface area contributed by atoms with Gasteiger partial charge in [-0.05, 0) is 29.2 Å². The molecule has 7 heteroatoms. The molecule has 0 atom stereocenters. The molecule has 0 saturated heterocycles. The lowest BCUT2D eigenvalue weighted by Gasteiger charge is -2.19. The molecule has 2 N–H and O–H groups in total. The highest BCUT2D eigenvalue weighted by Gasteiger charge is 2.22. The normalized spacial score (nSPS) is 12.2. The van der Waals surface area contributed by atoms with Gasteiger partial charge in [-0.2, -0.15) is 0 Å². The van der Waals surface area contributed by atoms with Crippen molar-refractivity contribution >= 4 is 16.0 Å². The van der Waals surface area contributed by atoms with Crippen LogP contribution in [0.3, 0.4) is 0 Å². The topological polar surface area (TPSA) is 92.7 Å². The van der Waals surface area contributed by atoms with Gasteiger partial charge in [0.15, 0.2) is 0 Å². The summed E-state index contributed by atoms with van der Waals surface area (Å²) in [4.78, 5) is 10.9. The Morgan fingerprint density at radius 3 is 2.43 bits per heavy atom. The van der Waals surface area contributed by atoms with Gasteiger partial charge in [-0.15, -0.1) is 0 Å². The van der Waals surface area contributed by atoms with Gasteiger partial charge in [0.1, 0.15) is 5.75 Å². The van der Waals surface area contributed by atoms with Crippen LogP contribution in [0.15, 0.2) is 23.1 Å². The molecule has 0 saturated carbocycles. The number of hydrogen-bond acceptors (Lipinski definition) is 4. The van der Waals surface area contributed by atoms with Crippen molar-refractivity contribution in [2.45, 2.75) is 32.1 Å². The van der Waals surface area contributed by atoms with Crippen LogP contribution in [0.5, 0.6) is 5.75 Å². The third-order valence-corrected chi connectivity index (χ3v) is 4.19. The van der Waals surface area contributed by atoms with Crippen molar-refractivity contribution in [2.24, 2.45) is 5.41 Å². The van der Waals surface area contributed by atoms with E-state index >= 15 is 0 Å². The van der Waals surface area contributed by atoms with Crippen molar-refractivity contribution in [3.63, 3.8) is 0 Å². The van der Waals surface area contributed by atoms with Crippen molar-refractivity contribution in [2.75, 3.05) is 13.7 Å². The van der Waals surface area contributed by atoms with Crippen LogP contribution in [0.1, 0.15) is 26.3 Å². The first-order chi connectivity index (χ1) is 9.55. The molecule has 0 aliphatic heterocycles. The number of hydrogen-bond donors (Lipinski definition) is 2. The molecule has 6 nitrogen and oxygen atoms in total. The highest BCUT2D eigenvalue weighted by molar-refractivity contribution is 7.89. The van der Waals surface area contributed by atoms with Crippen LogP contribution in [0, 0.1) is 5.41 Å². The predicted octanol–water partition coefficient (Wildman–Crippen LogP) is 1.65. The first kappa shape index (κ1) is 17.5. The van der Waals surface area contributed by atoms with E-state index < -0.39 is 16.0 Å². The second-order valence-electron chi connectivity index (χ2n) is 5.93. The molecule has 0 aromatic heterocycles. The van der Waals surface area contributed by atoms with Crippen LogP contribution in [0.25, 0.3) is 0 Å². The van der Waals surface area contributed by atoms with E-state index in [1.54, 1.807) is 0 Å². The minimum atomic E-state index is -3.76. The molecular formula is C14H21NO5S. The molecule has 1 rings (SSSR count). The van der Waals surface area contributed by atoms with Gasteiger partial charge in [0, 0.05) is 6.54 Å². The molecule has 0 heterocycles. The van der Waals surface area contributed by atoms with Crippen molar-refractivity contribution < 1.29 is 23.1 Å². The summed E-state index contributed by atoms with van der Waals surface area (Å²) in [5.41, 5.74) is -0.0183. The zero-order valence-corrected chi connectivity index (χ0v) is 13.5. The molecule has 0 aliphatic carbocycles. The van der Waals surface area contributed by atoms with Gasteiger partial charge in [-0.1, -0.05) is 20.8 Å². The van der Waals surface area contributed by atoms with E-state index in [4.69, 9.17) is 9.84 Å². The van der Waals surface area contributed by atoms with Crippen LogP contribution in [-0.4, -0.2) is 33.1 Å². The Morgan fingerprint density at radius 2 is 1.95 bits per heavy atom. The minimum Gasteiger partial charge on any atom is -0.497 e. The van der Waals surface area contributed by atoms with E-state index in [2.05, 4.69) is 4.72 Å². The Balaban J connectivity index is 3.18. The van der Waals surface area contributed by atoms with Gasteiger partial charge in [-0.3, -0.25) is 4.79 Å². The number of carboxylic acid groups (broad SMARTS) is 1. The van der Waals surface area contributed by atoms with Gasteiger partial charge in [0.2, 0.25) is 10.0 Å². The largest absolute Gasteiger partial charge is 0.497 e. The average molecular weight is 315 g/mol. The SMILES string of the molecule is COc1ccc(S(=O)(=O)NCC(C)(C)C)c(CC(=O)O)c1. The van der Waals surface area contributed by atoms with Crippen molar-refractivity contribution in [3.8, 4) is 5.75 Å². The zero-order valence-electron chi connectivity index (χ0n) is 12.6. The number of carbonyl (C=O) groups is 1. The molecule has 1 aromatic carbocycles. The molecule has 0 bridgehead atoms. The van der Waals surface area contributed by atoms with Crippen molar-refractivity contribution in [3.05, 3.63) is 23.8 Å². The lowest BCUT2D eigenvalue weighted by molar-refractivity contribution is -0.136. The molecule has 1 aromatic rings. The first-order valence-electron chi connectivity index (χ1n) is 6.43. The van der Waals surface area contributed by atoms with Gasteiger partial charge in [-0.25, -0.2) is 13.1 Å². The number of rotatable bonds is 6. The highest BCUT2D eigenvalue weighted by Crippen LogP contribution is 2.23. The van der Waals surface area contributed by atoms with E-state index in [0.717, 1.165) is 0 Å². The molecule has 0 unspecified atom stereocenters. The maximum atomic E-state index is 12.3. The summed E-state index contributed by atoms with van der Waals surface area (Å²) in [6, 6.07) is 4.29. The second-order valence-corrected chi connectivity index (χ2v) is 7.66. The maximum Gasteiger partial charge on any atom is 0.307 e. The summed E-state index contributed by atoms with van der Waals surface area (Å²) in [7, 11) is -2.33. The molecule has 0 aliphatic rings. The third kappa shape index (κ3) is 5.35. The summed E-state index contributed by atoms with van der Waals surface area (Å²) >= 11 is 0. The maximum absolute atomic E-state index is 12.3. The average Bonchev–Trinajstić information content (AvgIpc) is 2.34. The molecule has 0 radical (unpaired) electrons. The van der Waals surface area contributed by atoms with Gasteiger partial charge >= 0.3 is 5.97 Å². The molecule has 118 valence electrons. The Kier molecular flexibility index (Phi) is 5.36. The van der Waals surface area contributed by atoms with E-state index in [1.807, 2.05) is 20.8 Å². The lowest BCUT2D eigenvalue weighted by Crippen LogP contribution is -2.33. The molecule has 0 fully saturated rings. The van der Waals surface area contributed by atoms with E-state index in [1.165, 1.54) is 25.3 Å². The van der Waals surface area contributed by atoms with Crippen molar-refractivity contribution in [1.29, 1.82) is 0 Å². The fraction of sp³-hybridized carbons (Fsp3) is 0.500. The first-order valence-corrected chi connectivity index (χ1v) is 7.92. The monoisotopic (exact) mass is 315 g/mol. The van der Waals surface area contributed by atoms with Crippen LogP contribution in [-0.2, 0) is 21.2 Å². The Labute approximate surface area is 125 Å². The van der Waals surface area contributed by atoms with Crippen LogP contribution >= 0.6 is 0 Å². The molecular weight excluding hydrogens is 294 g/mol. The van der Waals surface area contributed by atoms with Gasteiger partial charge in [0.05, 0.1) is 18.4 Å². The van der Waals surface area contributed by atoms with Gasteiger partial charge < -0.3 is 9.84 Å². The zero-order chi connectivity index (χ0) is 16.3. The number of benzene rings is 1. The van der Waals surface area contributed by atoms with Crippen LogP contribution < -0.4 is 9.46 Å². The number of ether oxygens (including phenoxy) is 1. The summed E-state index contributed by atoms with van der Waals surface area (Å²) in [5, 5.41) is 8.92. The second kappa shape index (κ2) is 6.44. The van der Waals surface area contributed by atoms with E-state index in [-0.39, 0.29) is 28.8 Å². The number of aliphatic carboxylic acids is 1. The van der Waals surface area contributed by atoms with E-state index in [0.29, 0.717) is 5.75 Å². The summed E-state index contributed by atoms with van der Waals surface area (Å²) in [6.45, 7) is 5.97. The Morgan fingerprint density at radius 1 is 1.33 bits per heavy atom. The molecule has 0 spiro atoms. The van der Waals surface area contributed by atoms with Crippen molar-refractivity contribution in [1.82, 2.24) is 4.72 Å². The molecule has 0 amide bonds. The number of carboxylic acids is 1. The fourth-order valence-electron chi connectivity index (χ4n) is 1.64. The third-order valence-electron chi connectivity index (χ3n) is 2.69. The highest BCUT2D eigenvalue weighted by atomic mass is 32.2. The minimum absolute atomic E-state index is 0.0325. The fourth-order valence-corrected chi connectivity index (χ4v) is 3.14. The Bertz CT molecular complexity index is 617. The molecule has 21 heavy (non-hydrogen) atoms. The number of nitrogens with one attached hydrogen (secondary N) is 1. The van der Waals surface area contributed by atoms with Crippen LogP contribution in [0.2, 0.25) is 0 Å². The number of methoxy groups -OCH3 is 1. The predicted molar refractivity (Wildman–Crippen MR) is 79.0 cm³/mol.